The van der Waals surface area contributed by atoms with E-state index in [1.54, 1.807) is 36.4 Å². The van der Waals surface area contributed by atoms with Crippen LogP contribution in [0.15, 0.2) is 36.4 Å². The van der Waals surface area contributed by atoms with Crippen LogP contribution in [0.1, 0.15) is 12.5 Å². The molecule has 0 aromatic heterocycles. The summed E-state index contributed by atoms with van der Waals surface area (Å²) < 4.78 is 15.9. The van der Waals surface area contributed by atoms with E-state index in [0.717, 1.165) is 5.56 Å². The lowest BCUT2D eigenvalue weighted by atomic mass is 10.1. The third-order valence-corrected chi connectivity index (χ3v) is 3.56. The van der Waals surface area contributed by atoms with Crippen LogP contribution in [0.3, 0.4) is 0 Å². The standard InChI is InChI=1S/C19H22N2O5/c1-12(22)20-14-6-5-7-15(11-14)21-18(23)10-13-8-16(24-2)19(26-4)17(9-13)25-3/h5-9,11H,10H2,1-4H3,(H,20,22)(H,21,23). The fraction of sp³-hybridized carbons (Fsp3) is 0.263. The van der Waals surface area contributed by atoms with Crippen molar-refractivity contribution in [2.75, 3.05) is 32.0 Å². The summed E-state index contributed by atoms with van der Waals surface area (Å²) in [6, 6.07) is 10.4. The summed E-state index contributed by atoms with van der Waals surface area (Å²) in [4.78, 5) is 23.5. The van der Waals surface area contributed by atoms with Gasteiger partial charge in [0.15, 0.2) is 11.5 Å². The number of hydrogen-bond donors (Lipinski definition) is 2. The summed E-state index contributed by atoms with van der Waals surface area (Å²) in [6.45, 7) is 1.43. The molecule has 0 aliphatic carbocycles. The molecule has 2 rings (SSSR count). The van der Waals surface area contributed by atoms with Crippen molar-refractivity contribution < 1.29 is 23.8 Å². The molecule has 2 amide bonds. The second-order valence-corrected chi connectivity index (χ2v) is 5.52. The van der Waals surface area contributed by atoms with Gasteiger partial charge in [0.1, 0.15) is 0 Å². The normalized spacial score (nSPS) is 10.0. The fourth-order valence-electron chi connectivity index (χ4n) is 2.51. The Morgan fingerprint density at radius 2 is 1.46 bits per heavy atom. The molecule has 0 atom stereocenters. The number of rotatable bonds is 7. The summed E-state index contributed by atoms with van der Waals surface area (Å²) in [6.07, 6.45) is 0.126. The van der Waals surface area contributed by atoms with Crippen LogP contribution in [-0.4, -0.2) is 33.1 Å². The van der Waals surface area contributed by atoms with Crippen molar-refractivity contribution in [2.45, 2.75) is 13.3 Å². The Balaban J connectivity index is 2.14. The monoisotopic (exact) mass is 358 g/mol. The minimum atomic E-state index is -0.209. The highest BCUT2D eigenvalue weighted by atomic mass is 16.5. The SMILES string of the molecule is COc1cc(CC(=O)Nc2cccc(NC(C)=O)c2)cc(OC)c1OC. The maximum atomic E-state index is 12.4. The van der Waals surface area contributed by atoms with Gasteiger partial charge in [-0.15, -0.1) is 0 Å². The number of carbonyl (C=O) groups is 2. The Kier molecular flexibility index (Phi) is 6.43. The highest BCUT2D eigenvalue weighted by Crippen LogP contribution is 2.38. The molecule has 2 aromatic carbocycles. The molecular formula is C19H22N2O5. The van der Waals surface area contributed by atoms with E-state index in [4.69, 9.17) is 14.2 Å². The van der Waals surface area contributed by atoms with Crippen molar-refractivity contribution in [1.29, 1.82) is 0 Å². The molecule has 0 aliphatic heterocycles. The lowest BCUT2D eigenvalue weighted by Crippen LogP contribution is -2.15. The summed E-state index contributed by atoms with van der Waals surface area (Å²) in [5.41, 5.74) is 1.92. The van der Waals surface area contributed by atoms with Crippen LogP contribution in [0, 0.1) is 0 Å². The molecule has 0 saturated carbocycles. The number of carbonyl (C=O) groups excluding carboxylic acids is 2. The third kappa shape index (κ3) is 4.89. The first-order valence-corrected chi connectivity index (χ1v) is 7.93. The summed E-state index contributed by atoms with van der Waals surface area (Å²) in [5.74, 6) is 1.07. The van der Waals surface area contributed by atoms with Crippen molar-refractivity contribution in [3.05, 3.63) is 42.0 Å². The van der Waals surface area contributed by atoms with Crippen molar-refractivity contribution in [3.8, 4) is 17.2 Å². The van der Waals surface area contributed by atoms with E-state index in [1.165, 1.54) is 28.3 Å². The van der Waals surface area contributed by atoms with Crippen LogP contribution in [0.4, 0.5) is 11.4 Å². The summed E-state index contributed by atoms with van der Waals surface area (Å²) >= 11 is 0. The highest BCUT2D eigenvalue weighted by Gasteiger charge is 2.15. The van der Waals surface area contributed by atoms with Gasteiger partial charge in [-0.1, -0.05) is 6.07 Å². The zero-order valence-corrected chi connectivity index (χ0v) is 15.2. The van der Waals surface area contributed by atoms with Gasteiger partial charge >= 0.3 is 0 Å². The van der Waals surface area contributed by atoms with E-state index in [-0.39, 0.29) is 18.2 Å². The number of benzene rings is 2. The van der Waals surface area contributed by atoms with Crippen LogP contribution in [0.25, 0.3) is 0 Å². The molecule has 0 saturated heterocycles. The topological polar surface area (TPSA) is 85.9 Å². The average Bonchev–Trinajstić information content (AvgIpc) is 2.60. The van der Waals surface area contributed by atoms with E-state index in [0.29, 0.717) is 28.6 Å². The predicted molar refractivity (Wildman–Crippen MR) is 99.2 cm³/mol. The number of nitrogens with one attached hydrogen (secondary N) is 2. The largest absolute Gasteiger partial charge is 0.493 e. The molecule has 0 fully saturated rings. The molecule has 0 spiro atoms. The first kappa shape index (κ1) is 19.1. The molecule has 2 aromatic rings. The van der Waals surface area contributed by atoms with Gasteiger partial charge in [-0.3, -0.25) is 9.59 Å². The van der Waals surface area contributed by atoms with Gasteiger partial charge in [-0.05, 0) is 35.9 Å². The molecule has 0 bridgehead atoms. The van der Waals surface area contributed by atoms with Gasteiger partial charge in [-0.25, -0.2) is 0 Å². The van der Waals surface area contributed by atoms with Gasteiger partial charge in [0.2, 0.25) is 17.6 Å². The highest BCUT2D eigenvalue weighted by molar-refractivity contribution is 5.94. The lowest BCUT2D eigenvalue weighted by Gasteiger charge is -2.14. The Bertz CT molecular complexity index is 779. The first-order chi connectivity index (χ1) is 12.5. The van der Waals surface area contributed by atoms with Gasteiger partial charge < -0.3 is 24.8 Å². The smallest absolute Gasteiger partial charge is 0.228 e. The molecule has 0 radical (unpaired) electrons. The van der Waals surface area contributed by atoms with E-state index < -0.39 is 0 Å². The van der Waals surface area contributed by atoms with E-state index >= 15 is 0 Å². The molecule has 0 heterocycles. The Hall–Kier alpha value is -3.22. The van der Waals surface area contributed by atoms with Crippen molar-refractivity contribution in [3.63, 3.8) is 0 Å². The van der Waals surface area contributed by atoms with E-state index in [2.05, 4.69) is 10.6 Å². The fourth-order valence-corrected chi connectivity index (χ4v) is 2.51. The molecule has 7 heteroatoms. The van der Waals surface area contributed by atoms with Crippen molar-refractivity contribution in [2.24, 2.45) is 0 Å². The van der Waals surface area contributed by atoms with E-state index in [1.807, 2.05) is 0 Å². The minimum absolute atomic E-state index is 0.126. The zero-order valence-electron chi connectivity index (χ0n) is 15.2. The number of hydrogen-bond acceptors (Lipinski definition) is 5. The van der Waals surface area contributed by atoms with Gasteiger partial charge in [0.25, 0.3) is 0 Å². The van der Waals surface area contributed by atoms with Crippen LogP contribution in [-0.2, 0) is 16.0 Å². The number of methoxy groups -OCH3 is 3. The molecule has 26 heavy (non-hydrogen) atoms. The predicted octanol–water partition coefficient (Wildman–Crippen LogP) is 2.85. The molecule has 7 nitrogen and oxygen atoms in total. The first-order valence-electron chi connectivity index (χ1n) is 7.93. The van der Waals surface area contributed by atoms with Crippen LogP contribution >= 0.6 is 0 Å². The second kappa shape index (κ2) is 8.75. The quantitative estimate of drug-likeness (QED) is 0.795. The Morgan fingerprint density at radius 1 is 0.885 bits per heavy atom. The maximum Gasteiger partial charge on any atom is 0.228 e. The average molecular weight is 358 g/mol. The van der Waals surface area contributed by atoms with Crippen molar-refractivity contribution in [1.82, 2.24) is 0 Å². The van der Waals surface area contributed by atoms with E-state index in [9.17, 15) is 9.59 Å². The van der Waals surface area contributed by atoms with Crippen LogP contribution < -0.4 is 24.8 Å². The third-order valence-electron chi connectivity index (χ3n) is 3.56. The molecule has 0 aliphatic rings. The van der Waals surface area contributed by atoms with Gasteiger partial charge in [-0.2, -0.15) is 0 Å². The Labute approximate surface area is 152 Å². The van der Waals surface area contributed by atoms with Gasteiger partial charge in [0.05, 0.1) is 27.8 Å². The summed E-state index contributed by atoms with van der Waals surface area (Å²) in [5, 5.41) is 5.48. The second-order valence-electron chi connectivity index (χ2n) is 5.52. The Morgan fingerprint density at radius 3 is 1.96 bits per heavy atom. The van der Waals surface area contributed by atoms with Crippen molar-refractivity contribution >= 4 is 23.2 Å². The molecular weight excluding hydrogens is 336 g/mol. The number of anilines is 2. The molecule has 138 valence electrons. The van der Waals surface area contributed by atoms with Crippen LogP contribution in [0.2, 0.25) is 0 Å². The van der Waals surface area contributed by atoms with Crippen LogP contribution in [0.5, 0.6) is 17.2 Å². The molecule has 0 unspecified atom stereocenters. The van der Waals surface area contributed by atoms with Gasteiger partial charge in [0, 0.05) is 18.3 Å². The maximum absolute atomic E-state index is 12.4. The zero-order chi connectivity index (χ0) is 19.1. The number of amides is 2. The number of ether oxygens (including phenoxy) is 3. The lowest BCUT2D eigenvalue weighted by molar-refractivity contribution is -0.115. The minimum Gasteiger partial charge on any atom is -0.493 e. The molecule has 2 N–H and O–H groups in total. The summed E-state index contributed by atoms with van der Waals surface area (Å²) in [7, 11) is 4.57.